The molecule has 1 amide bonds. The Morgan fingerprint density at radius 3 is 2.54 bits per heavy atom. The molecule has 0 saturated heterocycles. The van der Waals surface area contributed by atoms with Crippen molar-refractivity contribution in [1.29, 1.82) is 0 Å². The number of nitrogens with one attached hydrogen (secondary N) is 2. The highest BCUT2D eigenvalue weighted by atomic mass is 19.2. The van der Waals surface area contributed by atoms with Crippen molar-refractivity contribution in [3.63, 3.8) is 0 Å². The number of halogens is 3. The highest BCUT2D eigenvalue weighted by Gasteiger charge is 2.11. The monoisotopic (exact) mass is 363 g/mol. The van der Waals surface area contributed by atoms with E-state index in [9.17, 15) is 27.6 Å². The minimum atomic E-state index is -1.16. The summed E-state index contributed by atoms with van der Waals surface area (Å²) >= 11 is 0. The normalized spacial score (nSPS) is 10.9. The Hall–Kier alpha value is -3.36. The van der Waals surface area contributed by atoms with Crippen LogP contribution in [0.5, 0.6) is 0 Å². The number of H-pyrrole nitrogens is 1. The predicted octanol–water partition coefficient (Wildman–Crippen LogP) is 1.54. The Bertz CT molecular complexity index is 1120. The predicted molar refractivity (Wildman–Crippen MR) is 87.5 cm³/mol. The van der Waals surface area contributed by atoms with Gasteiger partial charge in [-0.25, -0.2) is 13.2 Å². The largest absolute Gasteiger partial charge is 0.350 e. The standard InChI is InChI=1S/C17H12F3N3O3/c18-10-2-4-14-13(8-10)22-16(25)17(26)23(14)6-5-21-15(24)9-1-3-11(19)12(20)7-9/h1-4,7-8H,5-6H2,(H,21,24)(H,22,25). The van der Waals surface area contributed by atoms with E-state index in [1.54, 1.807) is 0 Å². The average molecular weight is 363 g/mol. The van der Waals surface area contributed by atoms with Crippen LogP contribution in [0.2, 0.25) is 0 Å². The summed E-state index contributed by atoms with van der Waals surface area (Å²) in [6.45, 7) is -0.131. The summed E-state index contributed by atoms with van der Waals surface area (Å²) < 4.78 is 40.4. The summed E-state index contributed by atoms with van der Waals surface area (Å²) in [5, 5.41) is 2.44. The molecule has 2 N–H and O–H groups in total. The number of nitrogens with zero attached hydrogens (tertiary/aromatic N) is 1. The molecule has 1 heterocycles. The first-order valence-electron chi connectivity index (χ1n) is 7.52. The number of carbonyl (C=O) groups excluding carboxylic acids is 1. The lowest BCUT2D eigenvalue weighted by molar-refractivity contribution is 0.0951. The molecule has 1 aromatic heterocycles. The van der Waals surface area contributed by atoms with Gasteiger partial charge in [0.2, 0.25) is 0 Å². The maximum Gasteiger partial charge on any atom is 0.316 e. The quantitative estimate of drug-likeness (QED) is 0.690. The number of hydrogen-bond acceptors (Lipinski definition) is 3. The second kappa shape index (κ2) is 6.87. The molecule has 0 fully saturated rings. The Morgan fingerprint density at radius 1 is 1.04 bits per heavy atom. The van der Waals surface area contributed by atoms with Gasteiger partial charge in [-0.05, 0) is 36.4 Å². The van der Waals surface area contributed by atoms with Gasteiger partial charge in [0.05, 0.1) is 11.0 Å². The molecule has 0 aliphatic heterocycles. The van der Waals surface area contributed by atoms with Crippen LogP contribution in [0, 0.1) is 17.5 Å². The molecular formula is C17H12F3N3O3. The molecule has 0 aliphatic rings. The Balaban J connectivity index is 1.80. The maximum absolute atomic E-state index is 13.3. The first-order valence-corrected chi connectivity index (χ1v) is 7.52. The smallest absolute Gasteiger partial charge is 0.316 e. The minimum absolute atomic E-state index is 0.0618. The highest BCUT2D eigenvalue weighted by Crippen LogP contribution is 2.10. The Kier molecular flexibility index (Phi) is 4.61. The summed E-state index contributed by atoms with van der Waals surface area (Å²) in [5.41, 5.74) is -1.44. The molecule has 0 spiro atoms. The summed E-state index contributed by atoms with van der Waals surface area (Å²) in [7, 11) is 0. The molecule has 0 unspecified atom stereocenters. The van der Waals surface area contributed by atoms with Crippen molar-refractivity contribution in [2.75, 3.05) is 6.54 Å². The lowest BCUT2D eigenvalue weighted by atomic mass is 10.2. The zero-order valence-corrected chi connectivity index (χ0v) is 13.2. The van der Waals surface area contributed by atoms with E-state index < -0.39 is 34.5 Å². The van der Waals surface area contributed by atoms with Crippen LogP contribution >= 0.6 is 0 Å². The van der Waals surface area contributed by atoms with E-state index in [-0.39, 0.29) is 29.7 Å². The van der Waals surface area contributed by atoms with Crippen LogP contribution < -0.4 is 16.4 Å². The molecule has 9 heteroatoms. The number of hydrogen-bond donors (Lipinski definition) is 2. The maximum atomic E-state index is 13.3. The van der Waals surface area contributed by atoms with E-state index >= 15 is 0 Å². The van der Waals surface area contributed by atoms with Crippen molar-refractivity contribution >= 4 is 16.9 Å². The zero-order chi connectivity index (χ0) is 18.8. The van der Waals surface area contributed by atoms with E-state index in [0.29, 0.717) is 0 Å². The molecule has 0 saturated carbocycles. The Morgan fingerprint density at radius 2 is 1.81 bits per heavy atom. The van der Waals surface area contributed by atoms with Crippen LogP contribution in [0.15, 0.2) is 46.0 Å². The van der Waals surface area contributed by atoms with Gasteiger partial charge in [0, 0.05) is 18.7 Å². The number of aromatic nitrogens is 2. The van der Waals surface area contributed by atoms with Gasteiger partial charge in [-0.15, -0.1) is 0 Å². The third-order valence-electron chi connectivity index (χ3n) is 3.74. The topological polar surface area (TPSA) is 84.0 Å². The molecule has 26 heavy (non-hydrogen) atoms. The molecular weight excluding hydrogens is 351 g/mol. The molecule has 0 aliphatic carbocycles. The van der Waals surface area contributed by atoms with Gasteiger partial charge in [0.15, 0.2) is 11.6 Å². The van der Waals surface area contributed by atoms with Crippen molar-refractivity contribution in [1.82, 2.24) is 14.9 Å². The van der Waals surface area contributed by atoms with Crippen LogP contribution in [-0.4, -0.2) is 22.0 Å². The van der Waals surface area contributed by atoms with Gasteiger partial charge in [0.1, 0.15) is 5.82 Å². The van der Waals surface area contributed by atoms with Gasteiger partial charge in [-0.3, -0.25) is 14.4 Å². The lowest BCUT2D eigenvalue weighted by Gasteiger charge is -2.11. The van der Waals surface area contributed by atoms with Gasteiger partial charge in [-0.2, -0.15) is 0 Å². The van der Waals surface area contributed by atoms with Crippen LogP contribution in [0.25, 0.3) is 11.0 Å². The summed E-state index contributed by atoms with van der Waals surface area (Å²) in [6, 6.07) is 6.24. The van der Waals surface area contributed by atoms with Crippen LogP contribution in [0.4, 0.5) is 13.2 Å². The van der Waals surface area contributed by atoms with E-state index in [4.69, 9.17) is 0 Å². The molecule has 0 atom stereocenters. The van der Waals surface area contributed by atoms with Crippen molar-refractivity contribution in [3.8, 4) is 0 Å². The number of benzene rings is 2. The second-order valence-electron chi connectivity index (χ2n) is 5.46. The summed E-state index contributed by atoms with van der Waals surface area (Å²) in [4.78, 5) is 37.9. The first kappa shape index (κ1) is 17.5. The van der Waals surface area contributed by atoms with Gasteiger partial charge in [-0.1, -0.05) is 0 Å². The summed E-state index contributed by atoms with van der Waals surface area (Å²) in [6.07, 6.45) is 0. The molecule has 0 bridgehead atoms. The fourth-order valence-electron chi connectivity index (χ4n) is 2.49. The van der Waals surface area contributed by atoms with Crippen LogP contribution in [0.1, 0.15) is 10.4 Å². The first-order chi connectivity index (χ1) is 12.4. The molecule has 0 radical (unpaired) electrons. The number of amides is 1. The Labute approximate surface area is 143 Å². The van der Waals surface area contributed by atoms with E-state index in [1.165, 1.54) is 6.07 Å². The fraction of sp³-hybridized carbons (Fsp3) is 0.118. The second-order valence-corrected chi connectivity index (χ2v) is 5.46. The van der Waals surface area contributed by atoms with Crippen molar-refractivity contribution in [2.24, 2.45) is 0 Å². The van der Waals surface area contributed by atoms with Crippen molar-refractivity contribution in [2.45, 2.75) is 6.54 Å². The number of carbonyl (C=O) groups is 1. The number of rotatable bonds is 4. The zero-order valence-electron chi connectivity index (χ0n) is 13.2. The third-order valence-corrected chi connectivity index (χ3v) is 3.74. The van der Waals surface area contributed by atoms with E-state index in [2.05, 4.69) is 10.3 Å². The number of fused-ring (bicyclic) bond motifs is 1. The molecule has 2 aromatic carbocycles. The number of aromatic amines is 1. The SMILES string of the molecule is O=C(NCCn1c(=O)c(=O)[nH]c2cc(F)ccc21)c1ccc(F)c(F)c1. The van der Waals surface area contributed by atoms with Crippen molar-refractivity contribution in [3.05, 3.63) is 80.1 Å². The minimum Gasteiger partial charge on any atom is -0.350 e. The fourth-order valence-corrected chi connectivity index (χ4v) is 2.49. The van der Waals surface area contributed by atoms with Crippen molar-refractivity contribution < 1.29 is 18.0 Å². The molecule has 134 valence electrons. The van der Waals surface area contributed by atoms with Gasteiger partial charge < -0.3 is 14.9 Å². The van der Waals surface area contributed by atoms with E-state index in [0.717, 1.165) is 34.9 Å². The lowest BCUT2D eigenvalue weighted by Crippen LogP contribution is -2.39. The van der Waals surface area contributed by atoms with Gasteiger partial charge >= 0.3 is 11.1 Å². The van der Waals surface area contributed by atoms with Crippen LogP contribution in [-0.2, 0) is 6.54 Å². The molecule has 6 nitrogen and oxygen atoms in total. The van der Waals surface area contributed by atoms with Gasteiger partial charge in [0.25, 0.3) is 5.91 Å². The average Bonchev–Trinajstić information content (AvgIpc) is 2.60. The van der Waals surface area contributed by atoms with E-state index in [1.807, 2.05) is 0 Å². The van der Waals surface area contributed by atoms with Crippen LogP contribution in [0.3, 0.4) is 0 Å². The third kappa shape index (κ3) is 3.37. The highest BCUT2D eigenvalue weighted by molar-refractivity contribution is 5.94. The molecule has 3 aromatic rings. The molecule has 3 rings (SSSR count). The summed E-state index contributed by atoms with van der Waals surface area (Å²) in [5.74, 6) is -3.48.